The Balaban J connectivity index is 1.71. The third-order valence-electron chi connectivity index (χ3n) is 5.93. The highest BCUT2D eigenvalue weighted by Crippen LogP contribution is 2.45. The number of para-hydroxylation sites is 1. The fourth-order valence-electron chi connectivity index (χ4n) is 4.52. The summed E-state index contributed by atoms with van der Waals surface area (Å²) in [6.45, 7) is 0. The molecule has 6 heteroatoms. The lowest BCUT2D eigenvalue weighted by atomic mass is 9.73. The molecule has 0 saturated carbocycles. The molecule has 2 aromatic rings. The molecule has 2 unspecified atom stereocenters. The molecule has 0 bridgehead atoms. The van der Waals surface area contributed by atoms with E-state index >= 15 is 0 Å². The van der Waals surface area contributed by atoms with Crippen molar-refractivity contribution < 1.29 is 23.8 Å². The van der Waals surface area contributed by atoms with Crippen molar-refractivity contribution in [1.29, 1.82) is 0 Å². The summed E-state index contributed by atoms with van der Waals surface area (Å²) in [4.78, 5) is 25.8. The van der Waals surface area contributed by atoms with Gasteiger partial charge in [-0.1, -0.05) is 24.3 Å². The van der Waals surface area contributed by atoms with Crippen molar-refractivity contribution in [3.05, 3.63) is 64.9 Å². The summed E-state index contributed by atoms with van der Waals surface area (Å²) in [6, 6.07) is 13.3. The van der Waals surface area contributed by atoms with Crippen LogP contribution in [0.25, 0.3) is 0 Å². The standard InChI is InChI=1S/C24H25NO5/c1-28-20-7-5-4-6-16(20)17-13-23(27)25-18-10-15(11-19(26)24(17)18)14-8-9-21(29-2)22(12-14)30-3/h4-9,12,15,17H,10-11,13H2,1-3H3,(H,25,27). The van der Waals surface area contributed by atoms with Gasteiger partial charge in [-0.2, -0.15) is 0 Å². The first-order valence-corrected chi connectivity index (χ1v) is 9.96. The zero-order chi connectivity index (χ0) is 21.3. The van der Waals surface area contributed by atoms with E-state index in [9.17, 15) is 9.59 Å². The molecule has 1 aliphatic carbocycles. The number of Topliss-reactive ketones (excluding diaryl/α,β-unsaturated/α-hetero) is 1. The number of hydrogen-bond acceptors (Lipinski definition) is 5. The van der Waals surface area contributed by atoms with Gasteiger partial charge in [0.25, 0.3) is 0 Å². The third kappa shape index (κ3) is 3.54. The average molecular weight is 407 g/mol. The molecule has 0 radical (unpaired) electrons. The summed E-state index contributed by atoms with van der Waals surface area (Å²) in [6.07, 6.45) is 1.22. The van der Waals surface area contributed by atoms with Crippen molar-refractivity contribution in [3.63, 3.8) is 0 Å². The number of allylic oxidation sites excluding steroid dienone is 2. The Morgan fingerprint density at radius 3 is 2.30 bits per heavy atom. The van der Waals surface area contributed by atoms with Gasteiger partial charge in [-0.25, -0.2) is 0 Å². The topological polar surface area (TPSA) is 73.9 Å². The van der Waals surface area contributed by atoms with Gasteiger partial charge in [0.15, 0.2) is 17.3 Å². The second-order valence-electron chi connectivity index (χ2n) is 7.58. The number of ketones is 1. The molecule has 2 atom stereocenters. The molecule has 156 valence electrons. The number of carbonyl (C=O) groups is 2. The number of rotatable bonds is 5. The fraction of sp³-hybridized carbons (Fsp3) is 0.333. The van der Waals surface area contributed by atoms with E-state index in [0.717, 1.165) is 16.8 Å². The van der Waals surface area contributed by atoms with E-state index in [1.807, 2.05) is 42.5 Å². The molecule has 1 aliphatic heterocycles. The Kier molecular flexibility index (Phi) is 5.48. The maximum absolute atomic E-state index is 13.3. The monoisotopic (exact) mass is 407 g/mol. The first-order chi connectivity index (χ1) is 14.5. The SMILES string of the molecule is COc1ccc(C2CC(=O)C3=C(C2)NC(=O)CC3c2ccccc2OC)cc1OC. The molecular formula is C24H25NO5. The van der Waals surface area contributed by atoms with Crippen molar-refractivity contribution in [2.45, 2.75) is 31.1 Å². The highest BCUT2D eigenvalue weighted by molar-refractivity contribution is 6.02. The zero-order valence-electron chi connectivity index (χ0n) is 17.4. The second kappa shape index (κ2) is 8.22. The molecule has 0 saturated heterocycles. The maximum Gasteiger partial charge on any atom is 0.225 e. The highest BCUT2D eigenvalue weighted by atomic mass is 16.5. The molecule has 6 nitrogen and oxygen atoms in total. The van der Waals surface area contributed by atoms with Gasteiger partial charge < -0.3 is 19.5 Å². The highest BCUT2D eigenvalue weighted by Gasteiger charge is 2.39. The van der Waals surface area contributed by atoms with Crippen LogP contribution in [0.4, 0.5) is 0 Å². The lowest BCUT2D eigenvalue weighted by Gasteiger charge is -2.35. The van der Waals surface area contributed by atoms with E-state index in [1.54, 1.807) is 21.3 Å². The Labute approximate surface area is 175 Å². The van der Waals surface area contributed by atoms with Gasteiger partial charge >= 0.3 is 0 Å². The van der Waals surface area contributed by atoms with Crippen LogP contribution in [-0.4, -0.2) is 33.0 Å². The lowest BCUT2D eigenvalue weighted by molar-refractivity contribution is -0.122. The van der Waals surface area contributed by atoms with Crippen molar-refractivity contribution in [3.8, 4) is 17.2 Å². The molecule has 1 heterocycles. The third-order valence-corrected chi connectivity index (χ3v) is 5.93. The minimum Gasteiger partial charge on any atom is -0.496 e. The quantitative estimate of drug-likeness (QED) is 0.818. The Bertz CT molecular complexity index is 1030. The summed E-state index contributed by atoms with van der Waals surface area (Å²) in [5.41, 5.74) is 3.29. The molecule has 1 N–H and O–H groups in total. The van der Waals surface area contributed by atoms with Gasteiger partial charge in [-0.3, -0.25) is 9.59 Å². The van der Waals surface area contributed by atoms with Gasteiger partial charge in [-0.15, -0.1) is 0 Å². The minimum atomic E-state index is -0.288. The van der Waals surface area contributed by atoms with Crippen LogP contribution in [0.2, 0.25) is 0 Å². The predicted octanol–water partition coefficient (Wildman–Crippen LogP) is 3.72. The van der Waals surface area contributed by atoms with E-state index in [1.165, 1.54) is 0 Å². The molecular weight excluding hydrogens is 382 g/mol. The first kappa shape index (κ1) is 20.0. The van der Waals surface area contributed by atoms with Gasteiger partial charge in [0.1, 0.15) is 5.75 Å². The van der Waals surface area contributed by atoms with E-state index in [0.29, 0.717) is 35.7 Å². The maximum atomic E-state index is 13.3. The van der Waals surface area contributed by atoms with Crippen LogP contribution in [0.1, 0.15) is 42.2 Å². The van der Waals surface area contributed by atoms with E-state index in [-0.39, 0.29) is 29.9 Å². The number of benzene rings is 2. The minimum absolute atomic E-state index is 0.0345. The van der Waals surface area contributed by atoms with Crippen molar-refractivity contribution >= 4 is 11.7 Å². The summed E-state index contributed by atoms with van der Waals surface area (Å²) in [5.74, 6) is 1.63. The summed E-state index contributed by atoms with van der Waals surface area (Å²) in [7, 11) is 4.79. The molecule has 0 aromatic heterocycles. The number of ether oxygens (including phenoxy) is 3. The van der Waals surface area contributed by atoms with Gasteiger partial charge in [0.05, 0.1) is 21.3 Å². The Morgan fingerprint density at radius 2 is 1.57 bits per heavy atom. The Hall–Kier alpha value is -3.28. The van der Waals surface area contributed by atoms with Gasteiger partial charge in [0, 0.05) is 35.6 Å². The number of amides is 1. The van der Waals surface area contributed by atoms with Crippen LogP contribution in [0.5, 0.6) is 17.2 Å². The molecule has 4 rings (SSSR count). The van der Waals surface area contributed by atoms with Gasteiger partial charge in [0.2, 0.25) is 5.91 Å². The van der Waals surface area contributed by atoms with Crippen molar-refractivity contribution in [2.24, 2.45) is 0 Å². The van der Waals surface area contributed by atoms with Crippen molar-refractivity contribution in [2.75, 3.05) is 21.3 Å². The van der Waals surface area contributed by atoms with E-state index in [4.69, 9.17) is 14.2 Å². The summed E-state index contributed by atoms with van der Waals surface area (Å²) >= 11 is 0. The van der Waals surface area contributed by atoms with Crippen LogP contribution >= 0.6 is 0 Å². The van der Waals surface area contributed by atoms with Crippen LogP contribution in [-0.2, 0) is 9.59 Å². The van der Waals surface area contributed by atoms with E-state index in [2.05, 4.69) is 5.32 Å². The lowest BCUT2D eigenvalue weighted by Crippen LogP contribution is -2.38. The molecule has 2 aromatic carbocycles. The van der Waals surface area contributed by atoms with Gasteiger partial charge in [-0.05, 0) is 36.1 Å². The Morgan fingerprint density at radius 1 is 0.833 bits per heavy atom. The fourth-order valence-corrected chi connectivity index (χ4v) is 4.52. The van der Waals surface area contributed by atoms with Crippen LogP contribution < -0.4 is 19.5 Å². The number of carbonyl (C=O) groups excluding carboxylic acids is 2. The summed E-state index contributed by atoms with van der Waals surface area (Å²) in [5, 5.41) is 2.96. The number of nitrogens with one attached hydrogen (secondary N) is 1. The first-order valence-electron chi connectivity index (χ1n) is 9.96. The number of methoxy groups -OCH3 is 3. The zero-order valence-corrected chi connectivity index (χ0v) is 17.4. The molecule has 0 fully saturated rings. The molecule has 30 heavy (non-hydrogen) atoms. The molecule has 2 aliphatic rings. The summed E-state index contributed by atoms with van der Waals surface area (Å²) < 4.78 is 16.2. The van der Waals surface area contributed by atoms with Crippen molar-refractivity contribution in [1.82, 2.24) is 5.32 Å². The predicted molar refractivity (Wildman–Crippen MR) is 112 cm³/mol. The second-order valence-corrected chi connectivity index (χ2v) is 7.58. The molecule has 1 amide bonds. The normalized spacial score (nSPS) is 21.0. The average Bonchev–Trinajstić information content (AvgIpc) is 2.77. The smallest absolute Gasteiger partial charge is 0.225 e. The van der Waals surface area contributed by atoms with E-state index < -0.39 is 0 Å². The van der Waals surface area contributed by atoms with Crippen LogP contribution in [0.15, 0.2) is 53.7 Å². The van der Waals surface area contributed by atoms with Crippen LogP contribution in [0, 0.1) is 0 Å². The van der Waals surface area contributed by atoms with Crippen LogP contribution in [0.3, 0.4) is 0 Å². The largest absolute Gasteiger partial charge is 0.496 e. The molecule has 0 spiro atoms. The number of hydrogen-bond donors (Lipinski definition) is 1.